The first-order chi connectivity index (χ1) is 16.4. The monoisotopic (exact) mass is 457 g/mol. The van der Waals surface area contributed by atoms with Gasteiger partial charge in [-0.3, -0.25) is 10.1 Å². The molecule has 0 saturated carbocycles. The van der Waals surface area contributed by atoms with Crippen LogP contribution in [0.3, 0.4) is 0 Å². The second-order valence-corrected chi connectivity index (χ2v) is 7.97. The molecule has 0 unspecified atom stereocenters. The number of nitrogens with zero attached hydrogens (tertiary/aromatic N) is 1. The van der Waals surface area contributed by atoms with Crippen LogP contribution in [-0.4, -0.2) is 31.4 Å². The topological polar surface area (TPSA) is 124 Å². The first-order valence-electron chi connectivity index (χ1n) is 10.6. The molecule has 0 amide bonds. The number of phenolic OH excluding ortho intramolecular Hbond substituents is 4. The SMILES string of the molecule is O=[N+]([O-])C(C(c1ccccc1O)c1ccccc1O)C(c1ccccc1O)c1ccccc1O. The molecule has 0 aromatic heterocycles. The summed E-state index contributed by atoms with van der Waals surface area (Å²) in [5.74, 6) is -2.93. The van der Waals surface area contributed by atoms with E-state index in [0.717, 1.165) is 0 Å². The summed E-state index contributed by atoms with van der Waals surface area (Å²) in [6, 6.07) is 23.4. The zero-order valence-corrected chi connectivity index (χ0v) is 18.0. The van der Waals surface area contributed by atoms with Gasteiger partial charge in [-0.25, -0.2) is 0 Å². The average Bonchev–Trinajstić information content (AvgIpc) is 2.82. The number of aromatic hydroxyl groups is 4. The maximum Gasteiger partial charge on any atom is 0.235 e. The third-order valence-corrected chi connectivity index (χ3v) is 6.01. The van der Waals surface area contributed by atoms with Gasteiger partial charge in [0.05, 0.1) is 11.8 Å². The van der Waals surface area contributed by atoms with Crippen LogP contribution in [0, 0.1) is 10.1 Å². The van der Waals surface area contributed by atoms with Crippen molar-refractivity contribution in [1.82, 2.24) is 0 Å². The van der Waals surface area contributed by atoms with E-state index in [-0.39, 0.29) is 45.3 Å². The minimum Gasteiger partial charge on any atom is -0.508 e. The molecule has 4 aromatic carbocycles. The van der Waals surface area contributed by atoms with E-state index in [0.29, 0.717) is 0 Å². The van der Waals surface area contributed by atoms with Crippen molar-refractivity contribution in [2.45, 2.75) is 17.9 Å². The highest BCUT2D eigenvalue weighted by Gasteiger charge is 2.46. The molecule has 4 rings (SSSR count). The van der Waals surface area contributed by atoms with Crippen molar-refractivity contribution in [1.29, 1.82) is 0 Å². The first kappa shape index (κ1) is 22.7. The summed E-state index contributed by atoms with van der Waals surface area (Å²) < 4.78 is 0. The number of rotatable bonds is 7. The van der Waals surface area contributed by atoms with Crippen molar-refractivity contribution in [3.63, 3.8) is 0 Å². The predicted molar refractivity (Wildman–Crippen MR) is 127 cm³/mol. The fourth-order valence-electron chi connectivity index (χ4n) is 4.51. The summed E-state index contributed by atoms with van der Waals surface area (Å²) in [5, 5.41) is 55.6. The van der Waals surface area contributed by atoms with E-state index < -0.39 is 22.8 Å². The molecule has 7 nitrogen and oxygen atoms in total. The van der Waals surface area contributed by atoms with Gasteiger partial charge in [-0.05, 0) is 24.3 Å². The van der Waals surface area contributed by atoms with E-state index >= 15 is 0 Å². The molecule has 0 aliphatic carbocycles. The van der Waals surface area contributed by atoms with Gasteiger partial charge in [0.1, 0.15) is 23.0 Å². The van der Waals surface area contributed by atoms with Crippen LogP contribution in [0.1, 0.15) is 34.1 Å². The number of para-hydroxylation sites is 4. The zero-order chi connectivity index (χ0) is 24.2. The molecular weight excluding hydrogens is 434 g/mol. The van der Waals surface area contributed by atoms with Crippen molar-refractivity contribution < 1.29 is 25.3 Å². The van der Waals surface area contributed by atoms with Gasteiger partial charge in [0.15, 0.2) is 0 Å². The lowest BCUT2D eigenvalue weighted by Crippen LogP contribution is -2.35. The van der Waals surface area contributed by atoms with Crippen molar-refractivity contribution in [2.75, 3.05) is 0 Å². The van der Waals surface area contributed by atoms with E-state index in [1.54, 1.807) is 72.8 Å². The van der Waals surface area contributed by atoms with E-state index in [4.69, 9.17) is 0 Å². The number of phenols is 4. The number of nitro groups is 1. The Labute approximate surface area is 196 Å². The Hall–Kier alpha value is -4.52. The standard InChI is InChI=1S/C27H23NO6/c29-21-13-5-1-9-17(21)25(18-10-2-6-14-22(18)30)27(28(33)34)26(19-11-3-7-15-23(19)31)20-12-4-8-16-24(20)32/h1-16,25-27,29-32H. The normalized spacial score (nSPS) is 11.3. The number of benzene rings is 4. The van der Waals surface area contributed by atoms with Gasteiger partial charge < -0.3 is 20.4 Å². The van der Waals surface area contributed by atoms with Crippen LogP contribution in [0.5, 0.6) is 23.0 Å². The van der Waals surface area contributed by atoms with Gasteiger partial charge in [-0.2, -0.15) is 0 Å². The van der Waals surface area contributed by atoms with Crippen LogP contribution in [0.15, 0.2) is 97.1 Å². The minimum absolute atomic E-state index is 0.170. The maximum atomic E-state index is 12.8. The van der Waals surface area contributed by atoms with Gasteiger partial charge in [-0.15, -0.1) is 0 Å². The molecule has 0 radical (unpaired) electrons. The number of hydrogen-bond acceptors (Lipinski definition) is 6. The molecule has 172 valence electrons. The summed E-state index contributed by atoms with van der Waals surface area (Å²) >= 11 is 0. The first-order valence-corrected chi connectivity index (χ1v) is 10.6. The summed E-state index contributed by atoms with van der Waals surface area (Å²) in [6.07, 6.45) is 0. The van der Waals surface area contributed by atoms with Crippen LogP contribution >= 0.6 is 0 Å². The molecule has 0 atom stereocenters. The van der Waals surface area contributed by atoms with Gasteiger partial charge in [0.2, 0.25) is 6.04 Å². The van der Waals surface area contributed by atoms with Gasteiger partial charge >= 0.3 is 0 Å². The molecule has 4 N–H and O–H groups in total. The molecule has 0 bridgehead atoms. The summed E-state index contributed by atoms with van der Waals surface area (Å²) in [5.41, 5.74) is 0.950. The van der Waals surface area contributed by atoms with Crippen molar-refractivity contribution in [2.24, 2.45) is 0 Å². The molecule has 7 heteroatoms. The fraction of sp³-hybridized carbons (Fsp3) is 0.111. The highest BCUT2D eigenvalue weighted by molar-refractivity contribution is 5.52. The van der Waals surface area contributed by atoms with Crippen LogP contribution in [0.4, 0.5) is 0 Å². The van der Waals surface area contributed by atoms with E-state index in [1.807, 2.05) is 0 Å². The maximum absolute atomic E-state index is 12.8. The van der Waals surface area contributed by atoms with Crippen LogP contribution < -0.4 is 0 Å². The van der Waals surface area contributed by atoms with E-state index in [9.17, 15) is 30.5 Å². The van der Waals surface area contributed by atoms with Crippen molar-refractivity contribution in [3.05, 3.63) is 129 Å². The Morgan fingerprint density at radius 2 is 0.735 bits per heavy atom. The third-order valence-electron chi connectivity index (χ3n) is 6.01. The molecule has 4 aromatic rings. The second kappa shape index (κ2) is 9.54. The van der Waals surface area contributed by atoms with Gasteiger partial charge in [-0.1, -0.05) is 72.8 Å². The minimum atomic E-state index is -1.52. The largest absolute Gasteiger partial charge is 0.508 e. The van der Waals surface area contributed by atoms with E-state index in [2.05, 4.69) is 0 Å². The highest BCUT2D eigenvalue weighted by Crippen LogP contribution is 2.48. The Bertz CT molecular complexity index is 1140. The molecule has 34 heavy (non-hydrogen) atoms. The smallest absolute Gasteiger partial charge is 0.235 e. The molecule has 0 saturated heterocycles. The summed E-state index contributed by atoms with van der Waals surface area (Å²) in [4.78, 5) is 12.3. The Balaban J connectivity index is 2.06. The molecule has 0 aliphatic rings. The van der Waals surface area contributed by atoms with Crippen LogP contribution in [0.2, 0.25) is 0 Å². The van der Waals surface area contributed by atoms with Gasteiger partial charge in [0, 0.05) is 27.2 Å². The molecule has 0 heterocycles. The molecule has 0 fully saturated rings. The fourth-order valence-corrected chi connectivity index (χ4v) is 4.51. The lowest BCUT2D eigenvalue weighted by atomic mass is 9.73. The lowest BCUT2D eigenvalue weighted by Gasteiger charge is -2.30. The Morgan fingerprint density at radius 3 is 0.941 bits per heavy atom. The quantitative estimate of drug-likeness (QED) is 0.226. The molecular formula is C27H23NO6. The van der Waals surface area contributed by atoms with Crippen molar-refractivity contribution >= 4 is 0 Å². The van der Waals surface area contributed by atoms with E-state index in [1.165, 1.54) is 24.3 Å². The van der Waals surface area contributed by atoms with Crippen molar-refractivity contribution in [3.8, 4) is 23.0 Å². The predicted octanol–water partition coefficient (Wildman–Crippen LogP) is 5.12. The summed E-state index contributed by atoms with van der Waals surface area (Å²) in [6.45, 7) is 0. The molecule has 0 spiro atoms. The number of hydrogen-bond donors (Lipinski definition) is 4. The third kappa shape index (κ3) is 4.23. The van der Waals surface area contributed by atoms with Gasteiger partial charge in [0.25, 0.3) is 0 Å². The lowest BCUT2D eigenvalue weighted by molar-refractivity contribution is -0.527. The second-order valence-electron chi connectivity index (χ2n) is 7.97. The zero-order valence-electron chi connectivity index (χ0n) is 18.0. The highest BCUT2D eigenvalue weighted by atomic mass is 16.6. The van der Waals surface area contributed by atoms with Crippen LogP contribution in [0.25, 0.3) is 0 Å². The summed E-state index contributed by atoms with van der Waals surface area (Å²) in [7, 11) is 0. The Morgan fingerprint density at radius 1 is 0.500 bits per heavy atom. The Kier molecular flexibility index (Phi) is 6.36. The van der Waals surface area contributed by atoms with Crippen LogP contribution in [-0.2, 0) is 0 Å². The molecule has 0 aliphatic heterocycles. The average molecular weight is 457 g/mol.